The molecule has 1 saturated carbocycles. The molecule has 1 heterocycles. The van der Waals surface area contributed by atoms with Crippen molar-refractivity contribution in [1.29, 1.82) is 0 Å². The van der Waals surface area contributed by atoms with Crippen molar-refractivity contribution in [3.63, 3.8) is 0 Å². The Hall–Kier alpha value is -1.06. The SMILES string of the molecule is C[C@H]1CCCC[C@H]1NC(=O)CN1CCC[C@@H]1c1ccc(Cl)cc1. The number of rotatable bonds is 4. The van der Waals surface area contributed by atoms with Gasteiger partial charge >= 0.3 is 0 Å². The average Bonchev–Trinajstić information content (AvgIpc) is 2.98. The highest BCUT2D eigenvalue weighted by Gasteiger charge is 2.29. The number of nitrogens with zero attached hydrogens (tertiary/aromatic N) is 1. The summed E-state index contributed by atoms with van der Waals surface area (Å²) in [4.78, 5) is 14.8. The summed E-state index contributed by atoms with van der Waals surface area (Å²) in [5.41, 5.74) is 1.27. The smallest absolute Gasteiger partial charge is 0.234 e. The van der Waals surface area contributed by atoms with Crippen LogP contribution in [0.2, 0.25) is 5.02 Å². The second-order valence-electron chi connectivity index (χ2n) is 7.12. The van der Waals surface area contributed by atoms with Gasteiger partial charge in [0.15, 0.2) is 0 Å². The maximum Gasteiger partial charge on any atom is 0.234 e. The minimum atomic E-state index is 0.185. The predicted molar refractivity (Wildman–Crippen MR) is 94.6 cm³/mol. The number of carbonyl (C=O) groups is 1. The Kier molecular flexibility index (Phi) is 5.60. The van der Waals surface area contributed by atoms with Gasteiger partial charge in [-0.1, -0.05) is 43.5 Å². The fourth-order valence-corrected chi connectivity index (χ4v) is 4.17. The van der Waals surface area contributed by atoms with Gasteiger partial charge < -0.3 is 5.32 Å². The fourth-order valence-electron chi connectivity index (χ4n) is 4.05. The molecule has 126 valence electrons. The molecular formula is C19H27ClN2O. The lowest BCUT2D eigenvalue weighted by molar-refractivity contribution is -0.123. The number of amides is 1. The molecule has 1 aliphatic carbocycles. The molecule has 2 aliphatic rings. The van der Waals surface area contributed by atoms with E-state index in [2.05, 4.69) is 29.3 Å². The third-order valence-corrected chi connectivity index (χ3v) is 5.67. The van der Waals surface area contributed by atoms with E-state index in [1.807, 2.05) is 12.1 Å². The van der Waals surface area contributed by atoms with Crippen LogP contribution in [0.5, 0.6) is 0 Å². The summed E-state index contributed by atoms with van der Waals surface area (Å²) in [6.45, 7) is 3.77. The lowest BCUT2D eigenvalue weighted by Gasteiger charge is -2.31. The van der Waals surface area contributed by atoms with E-state index in [9.17, 15) is 4.79 Å². The Morgan fingerprint density at radius 3 is 2.65 bits per heavy atom. The number of carbonyl (C=O) groups excluding carboxylic acids is 1. The Bertz CT molecular complexity index is 531. The van der Waals surface area contributed by atoms with Gasteiger partial charge in [-0.3, -0.25) is 9.69 Å². The number of nitrogens with one attached hydrogen (secondary N) is 1. The van der Waals surface area contributed by atoms with E-state index < -0.39 is 0 Å². The molecule has 1 aliphatic heterocycles. The van der Waals surface area contributed by atoms with Crippen LogP contribution in [-0.2, 0) is 4.79 Å². The average molecular weight is 335 g/mol. The van der Waals surface area contributed by atoms with Crippen molar-refractivity contribution in [2.24, 2.45) is 5.92 Å². The van der Waals surface area contributed by atoms with Gasteiger partial charge in [0, 0.05) is 17.1 Å². The van der Waals surface area contributed by atoms with Crippen molar-refractivity contribution in [2.75, 3.05) is 13.1 Å². The first-order valence-electron chi connectivity index (χ1n) is 8.92. The van der Waals surface area contributed by atoms with Gasteiger partial charge in [-0.25, -0.2) is 0 Å². The minimum absolute atomic E-state index is 0.185. The molecule has 3 rings (SSSR count). The van der Waals surface area contributed by atoms with Crippen LogP contribution < -0.4 is 5.32 Å². The van der Waals surface area contributed by atoms with Gasteiger partial charge in [-0.15, -0.1) is 0 Å². The number of hydrogen-bond donors (Lipinski definition) is 1. The van der Waals surface area contributed by atoms with Gasteiger partial charge in [0.1, 0.15) is 0 Å². The van der Waals surface area contributed by atoms with Crippen molar-refractivity contribution < 1.29 is 4.79 Å². The number of likely N-dealkylation sites (tertiary alicyclic amines) is 1. The number of halogens is 1. The topological polar surface area (TPSA) is 32.3 Å². The summed E-state index contributed by atoms with van der Waals surface area (Å²) in [6.07, 6.45) is 7.19. The van der Waals surface area contributed by atoms with Crippen molar-refractivity contribution in [2.45, 2.75) is 57.5 Å². The maximum atomic E-state index is 12.5. The van der Waals surface area contributed by atoms with E-state index in [4.69, 9.17) is 11.6 Å². The lowest BCUT2D eigenvalue weighted by atomic mass is 9.86. The van der Waals surface area contributed by atoms with Crippen LogP contribution in [0, 0.1) is 5.92 Å². The van der Waals surface area contributed by atoms with E-state index >= 15 is 0 Å². The van der Waals surface area contributed by atoms with Crippen LogP contribution in [0.4, 0.5) is 0 Å². The minimum Gasteiger partial charge on any atom is -0.352 e. The Labute approximate surface area is 144 Å². The summed E-state index contributed by atoms with van der Waals surface area (Å²) in [7, 11) is 0. The zero-order valence-corrected chi connectivity index (χ0v) is 14.7. The third-order valence-electron chi connectivity index (χ3n) is 5.42. The number of benzene rings is 1. The molecule has 0 spiro atoms. The summed E-state index contributed by atoms with van der Waals surface area (Å²) in [5.74, 6) is 0.794. The van der Waals surface area contributed by atoms with Gasteiger partial charge in [0.25, 0.3) is 0 Å². The van der Waals surface area contributed by atoms with Crippen molar-refractivity contribution in [3.05, 3.63) is 34.9 Å². The molecule has 1 N–H and O–H groups in total. The van der Waals surface area contributed by atoms with E-state index in [1.165, 1.54) is 24.8 Å². The quantitative estimate of drug-likeness (QED) is 0.896. The molecule has 0 unspecified atom stereocenters. The molecule has 3 nitrogen and oxygen atoms in total. The molecule has 1 amide bonds. The molecule has 1 aromatic rings. The van der Waals surface area contributed by atoms with Crippen LogP contribution >= 0.6 is 11.6 Å². The first kappa shape index (κ1) is 16.8. The largest absolute Gasteiger partial charge is 0.352 e. The summed E-state index contributed by atoms with van der Waals surface area (Å²) >= 11 is 5.98. The molecule has 0 radical (unpaired) electrons. The van der Waals surface area contributed by atoms with Crippen molar-refractivity contribution >= 4 is 17.5 Å². The molecule has 3 atom stereocenters. The fraction of sp³-hybridized carbons (Fsp3) is 0.632. The molecule has 1 saturated heterocycles. The summed E-state index contributed by atoms with van der Waals surface area (Å²) in [6, 6.07) is 8.78. The molecule has 4 heteroatoms. The summed E-state index contributed by atoms with van der Waals surface area (Å²) in [5, 5.41) is 4.04. The van der Waals surface area contributed by atoms with E-state index in [1.54, 1.807) is 0 Å². The van der Waals surface area contributed by atoms with Crippen LogP contribution in [0.1, 0.15) is 57.1 Å². The lowest BCUT2D eigenvalue weighted by Crippen LogP contribution is -2.45. The zero-order chi connectivity index (χ0) is 16.2. The normalized spacial score (nSPS) is 28.7. The van der Waals surface area contributed by atoms with Gasteiger partial charge in [-0.05, 0) is 55.8 Å². The van der Waals surface area contributed by atoms with Crippen LogP contribution in [0.3, 0.4) is 0 Å². The highest BCUT2D eigenvalue weighted by atomic mass is 35.5. The molecule has 2 fully saturated rings. The van der Waals surface area contributed by atoms with Gasteiger partial charge in [0.05, 0.1) is 6.54 Å². The van der Waals surface area contributed by atoms with E-state index in [0.717, 1.165) is 30.8 Å². The second-order valence-corrected chi connectivity index (χ2v) is 7.55. The zero-order valence-electron chi connectivity index (χ0n) is 13.9. The van der Waals surface area contributed by atoms with Crippen LogP contribution in [0.25, 0.3) is 0 Å². The van der Waals surface area contributed by atoms with Crippen molar-refractivity contribution in [3.8, 4) is 0 Å². The molecule has 1 aromatic carbocycles. The first-order valence-corrected chi connectivity index (χ1v) is 9.30. The van der Waals surface area contributed by atoms with Crippen LogP contribution in [-0.4, -0.2) is 29.9 Å². The maximum absolute atomic E-state index is 12.5. The molecule has 0 bridgehead atoms. The van der Waals surface area contributed by atoms with E-state index in [-0.39, 0.29) is 5.91 Å². The standard InChI is InChI=1S/C19H27ClN2O/c1-14-5-2-3-6-17(14)21-19(23)13-22-12-4-7-18(22)15-8-10-16(20)11-9-15/h8-11,14,17-18H,2-7,12-13H2,1H3,(H,21,23)/t14-,17+,18+/m0/s1. The number of hydrogen-bond acceptors (Lipinski definition) is 2. The highest BCUT2D eigenvalue weighted by Crippen LogP contribution is 2.32. The third kappa shape index (κ3) is 4.27. The van der Waals surface area contributed by atoms with Gasteiger partial charge in [0.2, 0.25) is 5.91 Å². The first-order chi connectivity index (χ1) is 11.1. The van der Waals surface area contributed by atoms with E-state index in [0.29, 0.717) is 24.5 Å². The second kappa shape index (κ2) is 7.67. The summed E-state index contributed by atoms with van der Waals surface area (Å²) < 4.78 is 0. The van der Waals surface area contributed by atoms with Crippen LogP contribution in [0.15, 0.2) is 24.3 Å². The Morgan fingerprint density at radius 2 is 1.91 bits per heavy atom. The highest BCUT2D eigenvalue weighted by molar-refractivity contribution is 6.30. The van der Waals surface area contributed by atoms with Crippen molar-refractivity contribution in [1.82, 2.24) is 10.2 Å². The Morgan fingerprint density at radius 1 is 1.17 bits per heavy atom. The molecule has 0 aromatic heterocycles. The Balaban J connectivity index is 1.57. The molecular weight excluding hydrogens is 308 g/mol. The van der Waals surface area contributed by atoms with Gasteiger partial charge in [-0.2, -0.15) is 0 Å². The molecule has 23 heavy (non-hydrogen) atoms. The monoisotopic (exact) mass is 334 g/mol. The predicted octanol–water partition coefficient (Wildman–Crippen LogP) is 4.17.